The van der Waals surface area contributed by atoms with Gasteiger partial charge in [0, 0.05) is 22.1 Å². The van der Waals surface area contributed by atoms with Crippen LogP contribution in [0.15, 0.2) is 30.6 Å². The topological polar surface area (TPSA) is 68.0 Å². The first kappa shape index (κ1) is 15.2. The van der Waals surface area contributed by atoms with Crippen LogP contribution in [-0.2, 0) is 0 Å². The van der Waals surface area contributed by atoms with Gasteiger partial charge in [-0.2, -0.15) is 0 Å². The number of nitrogens with one attached hydrogen (secondary N) is 1. The quantitative estimate of drug-likeness (QED) is 0.854. The van der Waals surface area contributed by atoms with Gasteiger partial charge in [0.15, 0.2) is 0 Å². The number of hydrogen-bond acceptors (Lipinski definition) is 4. The number of carbonyl (C=O) groups excluding carboxylic acids is 1. The molecule has 2 rings (SSSR count). The Morgan fingerprint density at radius 1 is 1.48 bits per heavy atom. The van der Waals surface area contributed by atoms with E-state index in [1.165, 1.54) is 4.88 Å². The Hall–Kier alpha value is -2.16. The molecule has 0 bridgehead atoms. The van der Waals surface area contributed by atoms with Crippen molar-refractivity contribution in [2.75, 3.05) is 6.54 Å². The summed E-state index contributed by atoms with van der Waals surface area (Å²) in [6, 6.07) is 5.71. The number of nitrogens with zero attached hydrogens (tertiary/aromatic N) is 1. The van der Waals surface area contributed by atoms with Gasteiger partial charge in [0.2, 0.25) is 0 Å². The number of nitrogens with two attached hydrogens (primary N) is 1. The Morgan fingerprint density at radius 2 is 2.29 bits per heavy atom. The maximum Gasteiger partial charge on any atom is 0.253 e. The molecule has 2 heterocycles. The molecule has 0 fully saturated rings. The molecule has 1 atom stereocenters. The number of carbonyl (C=O) groups is 1. The first-order valence-electron chi connectivity index (χ1n) is 6.62. The molecule has 0 radical (unpaired) electrons. The summed E-state index contributed by atoms with van der Waals surface area (Å²) in [7, 11) is 0. The predicted octanol–water partition coefficient (Wildman–Crippen LogP) is 2.25. The van der Waals surface area contributed by atoms with E-state index in [-0.39, 0.29) is 18.5 Å². The summed E-state index contributed by atoms with van der Waals surface area (Å²) < 4.78 is 0. The highest BCUT2D eigenvalue weighted by Crippen LogP contribution is 2.22. The van der Waals surface area contributed by atoms with Crippen molar-refractivity contribution in [1.82, 2.24) is 10.3 Å². The second kappa shape index (κ2) is 7.02. The minimum atomic E-state index is -0.155. The summed E-state index contributed by atoms with van der Waals surface area (Å²) >= 11 is 1.68. The van der Waals surface area contributed by atoms with Crippen molar-refractivity contribution >= 4 is 17.2 Å². The third-order valence-corrected chi connectivity index (χ3v) is 4.11. The lowest BCUT2D eigenvalue weighted by Crippen LogP contribution is -2.26. The number of rotatable bonds is 3. The SMILES string of the molecule is Cc1ccc(C(C)NC(=O)c2ccncc2C#CCN)s1. The lowest BCUT2D eigenvalue weighted by molar-refractivity contribution is 0.0940. The summed E-state index contributed by atoms with van der Waals surface area (Å²) in [6.07, 6.45) is 3.17. The Kier molecular flexibility index (Phi) is 5.09. The van der Waals surface area contributed by atoms with Crippen LogP contribution in [-0.4, -0.2) is 17.4 Å². The Bertz CT molecular complexity index is 697. The molecule has 108 valence electrons. The lowest BCUT2D eigenvalue weighted by atomic mass is 10.1. The Balaban J connectivity index is 2.17. The molecule has 1 amide bonds. The second-order valence-electron chi connectivity index (χ2n) is 4.57. The normalized spacial score (nSPS) is 11.4. The highest BCUT2D eigenvalue weighted by atomic mass is 32.1. The third kappa shape index (κ3) is 3.91. The molecule has 0 saturated carbocycles. The summed E-state index contributed by atoms with van der Waals surface area (Å²) in [6.45, 7) is 4.27. The molecule has 0 aliphatic heterocycles. The van der Waals surface area contributed by atoms with Crippen molar-refractivity contribution in [2.24, 2.45) is 5.73 Å². The van der Waals surface area contributed by atoms with E-state index >= 15 is 0 Å². The molecular weight excluding hydrogens is 282 g/mol. The van der Waals surface area contributed by atoms with Gasteiger partial charge in [-0.15, -0.1) is 11.3 Å². The number of hydrogen-bond donors (Lipinski definition) is 2. The standard InChI is InChI=1S/C16H17N3OS/c1-11-5-6-15(21-11)12(2)19-16(20)14-7-9-18-10-13(14)4-3-8-17/h5-7,9-10,12H,8,17H2,1-2H3,(H,19,20). The Labute approximate surface area is 128 Å². The molecule has 2 aromatic rings. The average Bonchev–Trinajstić information content (AvgIpc) is 2.92. The first-order chi connectivity index (χ1) is 10.1. The Morgan fingerprint density at radius 3 is 2.95 bits per heavy atom. The zero-order valence-corrected chi connectivity index (χ0v) is 12.8. The van der Waals surface area contributed by atoms with Crippen molar-refractivity contribution < 1.29 is 4.79 Å². The minimum Gasteiger partial charge on any atom is -0.345 e. The van der Waals surface area contributed by atoms with E-state index in [1.54, 1.807) is 29.8 Å². The van der Waals surface area contributed by atoms with E-state index in [1.807, 2.05) is 26.0 Å². The van der Waals surface area contributed by atoms with Gasteiger partial charge in [0.05, 0.1) is 23.7 Å². The van der Waals surface area contributed by atoms with Gasteiger partial charge in [-0.1, -0.05) is 11.8 Å². The van der Waals surface area contributed by atoms with Crippen LogP contribution in [0.4, 0.5) is 0 Å². The van der Waals surface area contributed by atoms with Crippen molar-refractivity contribution in [3.63, 3.8) is 0 Å². The van der Waals surface area contributed by atoms with Gasteiger partial charge in [-0.3, -0.25) is 9.78 Å². The fourth-order valence-electron chi connectivity index (χ4n) is 1.87. The molecule has 0 spiro atoms. The van der Waals surface area contributed by atoms with Crippen LogP contribution in [0, 0.1) is 18.8 Å². The zero-order valence-electron chi connectivity index (χ0n) is 12.0. The predicted molar refractivity (Wildman–Crippen MR) is 85.1 cm³/mol. The molecule has 0 saturated heterocycles. The fraction of sp³-hybridized carbons (Fsp3) is 0.250. The second-order valence-corrected chi connectivity index (χ2v) is 5.89. The molecule has 4 nitrogen and oxygen atoms in total. The van der Waals surface area contributed by atoms with Crippen LogP contribution >= 0.6 is 11.3 Å². The van der Waals surface area contributed by atoms with Crippen LogP contribution in [0.5, 0.6) is 0 Å². The molecule has 2 aromatic heterocycles. The summed E-state index contributed by atoms with van der Waals surface area (Å²) in [5.41, 5.74) is 6.48. The van der Waals surface area contributed by atoms with Gasteiger partial charge < -0.3 is 11.1 Å². The fourth-order valence-corrected chi connectivity index (χ4v) is 2.75. The van der Waals surface area contributed by atoms with E-state index in [9.17, 15) is 4.79 Å². The van der Waals surface area contributed by atoms with Crippen molar-refractivity contribution in [2.45, 2.75) is 19.9 Å². The highest BCUT2D eigenvalue weighted by molar-refractivity contribution is 7.12. The van der Waals surface area contributed by atoms with E-state index in [4.69, 9.17) is 5.73 Å². The highest BCUT2D eigenvalue weighted by Gasteiger charge is 2.15. The molecular formula is C16H17N3OS. The van der Waals surface area contributed by atoms with Crippen LogP contribution < -0.4 is 11.1 Å². The monoisotopic (exact) mass is 299 g/mol. The van der Waals surface area contributed by atoms with E-state index in [2.05, 4.69) is 22.1 Å². The average molecular weight is 299 g/mol. The lowest BCUT2D eigenvalue weighted by Gasteiger charge is -2.13. The van der Waals surface area contributed by atoms with Gasteiger partial charge in [-0.25, -0.2) is 0 Å². The molecule has 0 aliphatic rings. The van der Waals surface area contributed by atoms with Gasteiger partial charge in [-0.05, 0) is 32.0 Å². The maximum atomic E-state index is 12.4. The molecule has 1 unspecified atom stereocenters. The summed E-state index contributed by atoms with van der Waals surface area (Å²) in [5.74, 6) is 5.47. The smallest absolute Gasteiger partial charge is 0.253 e. The van der Waals surface area contributed by atoms with Crippen LogP contribution in [0.25, 0.3) is 0 Å². The number of amides is 1. The van der Waals surface area contributed by atoms with Gasteiger partial charge in [0.1, 0.15) is 0 Å². The van der Waals surface area contributed by atoms with Crippen molar-refractivity contribution in [3.8, 4) is 11.8 Å². The van der Waals surface area contributed by atoms with E-state index in [0.29, 0.717) is 11.1 Å². The number of pyridine rings is 1. The molecule has 3 N–H and O–H groups in total. The zero-order chi connectivity index (χ0) is 15.2. The van der Waals surface area contributed by atoms with E-state index < -0.39 is 0 Å². The van der Waals surface area contributed by atoms with Crippen LogP contribution in [0.1, 0.15) is 38.6 Å². The van der Waals surface area contributed by atoms with Gasteiger partial charge in [0.25, 0.3) is 5.91 Å². The minimum absolute atomic E-state index is 0.0420. The van der Waals surface area contributed by atoms with E-state index in [0.717, 1.165) is 4.88 Å². The maximum absolute atomic E-state index is 12.4. The number of aromatic nitrogens is 1. The largest absolute Gasteiger partial charge is 0.345 e. The van der Waals surface area contributed by atoms with Crippen LogP contribution in [0.3, 0.4) is 0 Å². The molecule has 21 heavy (non-hydrogen) atoms. The summed E-state index contributed by atoms with van der Waals surface area (Å²) in [4.78, 5) is 18.7. The van der Waals surface area contributed by atoms with Crippen molar-refractivity contribution in [1.29, 1.82) is 0 Å². The molecule has 0 aromatic carbocycles. The summed E-state index contributed by atoms with van der Waals surface area (Å²) in [5, 5.41) is 2.99. The van der Waals surface area contributed by atoms with Gasteiger partial charge >= 0.3 is 0 Å². The first-order valence-corrected chi connectivity index (χ1v) is 7.43. The van der Waals surface area contributed by atoms with Crippen molar-refractivity contribution in [3.05, 3.63) is 51.5 Å². The number of thiophene rings is 1. The molecule has 5 heteroatoms. The molecule has 0 aliphatic carbocycles. The van der Waals surface area contributed by atoms with Crippen LogP contribution in [0.2, 0.25) is 0 Å². The number of aryl methyl sites for hydroxylation is 1. The third-order valence-electron chi connectivity index (χ3n) is 2.93.